The van der Waals surface area contributed by atoms with Crippen LogP contribution in [0, 0.1) is 5.82 Å². The molecule has 0 spiro atoms. The van der Waals surface area contributed by atoms with E-state index in [2.05, 4.69) is 32.4 Å². The molecule has 0 saturated heterocycles. The summed E-state index contributed by atoms with van der Waals surface area (Å²) in [5.74, 6) is -0.342. The summed E-state index contributed by atoms with van der Waals surface area (Å²) < 4.78 is 15.7. The Morgan fingerprint density at radius 1 is 1.22 bits per heavy atom. The van der Waals surface area contributed by atoms with Crippen molar-refractivity contribution in [3.63, 3.8) is 0 Å². The lowest BCUT2D eigenvalue weighted by atomic mass is 10.1. The van der Waals surface area contributed by atoms with Crippen molar-refractivity contribution in [2.45, 2.75) is 19.5 Å². The summed E-state index contributed by atoms with van der Waals surface area (Å²) in [6, 6.07) is 10.7. The molecule has 1 aliphatic heterocycles. The molecule has 0 amide bonds. The summed E-state index contributed by atoms with van der Waals surface area (Å²) in [6.07, 6.45) is 2.39. The summed E-state index contributed by atoms with van der Waals surface area (Å²) in [7, 11) is 0. The first-order chi connectivity index (χ1) is 13.2. The van der Waals surface area contributed by atoms with Crippen molar-refractivity contribution < 1.29 is 4.39 Å². The standard InChI is InChI=1S/C20H17FN4OS/c21-16-6-2-1-5-14(16)18-12-25-19(22-18)15-11-24(10-13-4-3-9-27-13)8-7-17(15)23-20(25)26/h1-6,9,12H,7-8,10-11H2,(H,23,26). The van der Waals surface area contributed by atoms with E-state index < -0.39 is 0 Å². The minimum atomic E-state index is -0.342. The molecule has 1 aromatic carbocycles. The normalized spacial score (nSPS) is 14.6. The fourth-order valence-electron chi connectivity index (χ4n) is 3.66. The molecule has 1 N–H and O–H groups in total. The van der Waals surface area contributed by atoms with Gasteiger partial charge in [-0.25, -0.2) is 14.2 Å². The first-order valence-corrected chi connectivity index (χ1v) is 9.70. The van der Waals surface area contributed by atoms with Gasteiger partial charge in [0.1, 0.15) is 11.5 Å². The molecule has 27 heavy (non-hydrogen) atoms. The number of imidazole rings is 1. The maximum absolute atomic E-state index is 14.2. The molecular weight excluding hydrogens is 363 g/mol. The summed E-state index contributed by atoms with van der Waals surface area (Å²) in [5, 5.41) is 2.08. The second kappa shape index (κ2) is 6.44. The van der Waals surface area contributed by atoms with Crippen LogP contribution in [0.25, 0.3) is 16.9 Å². The van der Waals surface area contributed by atoms with Crippen LogP contribution in [0.15, 0.2) is 52.8 Å². The molecule has 0 aliphatic carbocycles. The van der Waals surface area contributed by atoms with E-state index in [1.54, 1.807) is 35.7 Å². The molecule has 136 valence electrons. The highest BCUT2D eigenvalue weighted by Gasteiger charge is 2.23. The van der Waals surface area contributed by atoms with E-state index in [9.17, 15) is 9.18 Å². The van der Waals surface area contributed by atoms with Gasteiger partial charge in [-0.15, -0.1) is 11.3 Å². The monoisotopic (exact) mass is 380 g/mol. The molecule has 4 aromatic rings. The highest BCUT2D eigenvalue weighted by molar-refractivity contribution is 7.09. The number of benzene rings is 1. The van der Waals surface area contributed by atoms with Gasteiger partial charge in [0.15, 0.2) is 0 Å². The van der Waals surface area contributed by atoms with Crippen molar-refractivity contribution in [2.24, 2.45) is 0 Å². The molecule has 7 heteroatoms. The highest BCUT2D eigenvalue weighted by Crippen LogP contribution is 2.26. The maximum Gasteiger partial charge on any atom is 0.331 e. The Balaban J connectivity index is 1.58. The van der Waals surface area contributed by atoms with Gasteiger partial charge in [-0.05, 0) is 23.6 Å². The van der Waals surface area contributed by atoms with Crippen LogP contribution >= 0.6 is 11.3 Å². The molecule has 0 fully saturated rings. The smallest absolute Gasteiger partial charge is 0.310 e. The second-order valence-corrected chi connectivity index (χ2v) is 7.76. The molecule has 0 atom stereocenters. The summed E-state index contributed by atoms with van der Waals surface area (Å²) in [4.78, 5) is 23.8. The number of nitrogens with one attached hydrogen (secondary N) is 1. The van der Waals surface area contributed by atoms with E-state index in [-0.39, 0.29) is 11.5 Å². The molecule has 0 saturated carbocycles. The predicted molar refractivity (Wildman–Crippen MR) is 103 cm³/mol. The van der Waals surface area contributed by atoms with Crippen molar-refractivity contribution >= 4 is 17.0 Å². The molecule has 0 unspecified atom stereocenters. The van der Waals surface area contributed by atoms with E-state index in [4.69, 9.17) is 0 Å². The summed E-state index contributed by atoms with van der Waals surface area (Å²) in [6.45, 7) is 2.47. The van der Waals surface area contributed by atoms with Gasteiger partial charge in [-0.3, -0.25) is 9.30 Å². The predicted octanol–water partition coefficient (Wildman–Crippen LogP) is 3.45. The van der Waals surface area contributed by atoms with Crippen LogP contribution in [0.4, 0.5) is 4.39 Å². The van der Waals surface area contributed by atoms with Gasteiger partial charge in [0, 0.05) is 53.9 Å². The Morgan fingerprint density at radius 3 is 2.93 bits per heavy atom. The third kappa shape index (κ3) is 2.89. The maximum atomic E-state index is 14.2. The molecule has 4 heterocycles. The number of thiophene rings is 1. The highest BCUT2D eigenvalue weighted by atomic mass is 32.1. The van der Waals surface area contributed by atoms with E-state index >= 15 is 0 Å². The Hall–Kier alpha value is -2.77. The topological polar surface area (TPSA) is 53.4 Å². The van der Waals surface area contributed by atoms with Gasteiger partial charge in [-0.1, -0.05) is 18.2 Å². The second-order valence-electron chi connectivity index (χ2n) is 6.73. The van der Waals surface area contributed by atoms with E-state index in [0.717, 1.165) is 30.8 Å². The number of halogens is 1. The number of hydrogen-bond acceptors (Lipinski definition) is 4. The molecular formula is C20H17FN4OS. The Labute approximate surface area is 158 Å². The number of fused-ring (bicyclic) bond motifs is 3. The fourth-order valence-corrected chi connectivity index (χ4v) is 4.40. The number of aromatic nitrogens is 3. The van der Waals surface area contributed by atoms with E-state index in [1.807, 2.05) is 0 Å². The van der Waals surface area contributed by atoms with Gasteiger partial charge in [0.25, 0.3) is 0 Å². The fraction of sp³-hybridized carbons (Fsp3) is 0.200. The van der Waals surface area contributed by atoms with Crippen molar-refractivity contribution in [1.29, 1.82) is 0 Å². The largest absolute Gasteiger partial charge is 0.331 e. The van der Waals surface area contributed by atoms with Crippen LogP contribution in [-0.2, 0) is 19.5 Å². The average Bonchev–Trinajstić information content (AvgIpc) is 3.33. The third-order valence-electron chi connectivity index (χ3n) is 4.99. The zero-order chi connectivity index (χ0) is 18.4. The van der Waals surface area contributed by atoms with E-state index in [0.29, 0.717) is 23.4 Å². The van der Waals surface area contributed by atoms with Crippen LogP contribution in [-0.4, -0.2) is 25.8 Å². The Morgan fingerprint density at radius 2 is 2.11 bits per heavy atom. The van der Waals surface area contributed by atoms with Gasteiger partial charge >= 0.3 is 5.69 Å². The summed E-state index contributed by atoms with van der Waals surface area (Å²) >= 11 is 1.74. The van der Waals surface area contributed by atoms with Crippen molar-refractivity contribution in [2.75, 3.05) is 6.54 Å². The number of rotatable bonds is 3. The number of hydrogen-bond donors (Lipinski definition) is 1. The van der Waals surface area contributed by atoms with Crippen molar-refractivity contribution in [3.05, 3.63) is 80.4 Å². The van der Waals surface area contributed by atoms with Gasteiger partial charge in [-0.2, -0.15) is 0 Å². The molecule has 5 nitrogen and oxygen atoms in total. The van der Waals surface area contributed by atoms with Crippen LogP contribution in [0.5, 0.6) is 0 Å². The quantitative estimate of drug-likeness (QED) is 0.592. The van der Waals surface area contributed by atoms with Crippen LogP contribution in [0.1, 0.15) is 16.1 Å². The number of aromatic amines is 1. The SMILES string of the molecule is O=c1[nH]c2c(c3nc(-c4ccccc4F)cn13)CN(Cc1cccs1)CC2. The molecule has 3 aromatic heterocycles. The number of H-pyrrole nitrogens is 1. The molecule has 5 rings (SSSR count). The van der Waals surface area contributed by atoms with Gasteiger partial charge < -0.3 is 4.98 Å². The number of nitrogens with zero attached hydrogens (tertiary/aromatic N) is 3. The first-order valence-electron chi connectivity index (χ1n) is 8.82. The first kappa shape index (κ1) is 16.4. The lowest BCUT2D eigenvalue weighted by molar-refractivity contribution is 0.246. The molecule has 0 bridgehead atoms. The van der Waals surface area contributed by atoms with Crippen LogP contribution < -0.4 is 5.69 Å². The zero-order valence-corrected chi connectivity index (χ0v) is 15.3. The molecule has 0 radical (unpaired) electrons. The molecule has 1 aliphatic rings. The Kier molecular flexibility index (Phi) is 3.91. The van der Waals surface area contributed by atoms with Crippen molar-refractivity contribution in [3.8, 4) is 11.3 Å². The summed E-state index contributed by atoms with van der Waals surface area (Å²) in [5.41, 5.74) is 3.21. The lowest BCUT2D eigenvalue weighted by Gasteiger charge is -2.28. The van der Waals surface area contributed by atoms with Crippen molar-refractivity contribution in [1.82, 2.24) is 19.3 Å². The Bertz CT molecular complexity index is 1180. The zero-order valence-electron chi connectivity index (χ0n) is 14.5. The van der Waals surface area contributed by atoms with Gasteiger partial charge in [0.05, 0.1) is 5.69 Å². The minimum Gasteiger partial charge on any atom is -0.310 e. The minimum absolute atomic E-state index is 0.231. The van der Waals surface area contributed by atoms with E-state index in [1.165, 1.54) is 15.3 Å². The van der Waals surface area contributed by atoms with Crippen LogP contribution in [0.2, 0.25) is 0 Å². The van der Waals surface area contributed by atoms with Gasteiger partial charge in [0.2, 0.25) is 0 Å². The van der Waals surface area contributed by atoms with Crippen LogP contribution in [0.3, 0.4) is 0 Å². The lowest BCUT2D eigenvalue weighted by Crippen LogP contribution is -2.33. The average molecular weight is 380 g/mol. The third-order valence-corrected chi connectivity index (χ3v) is 5.85.